The number of rotatable bonds is 4. The number of benzene rings is 3. The van der Waals surface area contributed by atoms with Gasteiger partial charge in [-0.3, -0.25) is 4.90 Å². The molecule has 0 spiro atoms. The van der Waals surface area contributed by atoms with Crippen molar-refractivity contribution in [3.05, 3.63) is 96.9 Å². The SMILES string of the molecule is [CH]c1ccc(-c2ccccc2CN2CCN(c3ccccc3)CC2)cc1. The molecule has 3 aromatic carbocycles. The molecule has 1 heterocycles. The van der Waals surface area contributed by atoms with Gasteiger partial charge in [-0.15, -0.1) is 0 Å². The van der Waals surface area contributed by atoms with Gasteiger partial charge in [-0.05, 0) is 41.3 Å². The predicted molar refractivity (Wildman–Crippen MR) is 109 cm³/mol. The van der Waals surface area contributed by atoms with Crippen molar-refractivity contribution in [2.24, 2.45) is 0 Å². The fourth-order valence-electron chi connectivity index (χ4n) is 3.65. The van der Waals surface area contributed by atoms with Gasteiger partial charge in [0.25, 0.3) is 0 Å². The molecular formula is C24H24N2. The number of hydrogen-bond donors (Lipinski definition) is 0. The van der Waals surface area contributed by atoms with Crippen molar-refractivity contribution < 1.29 is 0 Å². The standard InChI is InChI=1S/C24H24N2/c1-20-11-13-21(14-12-20)24-10-6-5-7-22(24)19-25-15-17-26(18-16-25)23-8-3-2-4-9-23/h1-14H,15-19H2. The van der Waals surface area contributed by atoms with Gasteiger partial charge in [-0.1, -0.05) is 66.7 Å². The third-order valence-electron chi connectivity index (χ3n) is 5.13. The summed E-state index contributed by atoms with van der Waals surface area (Å²) in [5.41, 5.74) is 6.05. The Balaban J connectivity index is 1.45. The van der Waals surface area contributed by atoms with Crippen LogP contribution in [0.5, 0.6) is 0 Å². The zero-order valence-electron chi connectivity index (χ0n) is 15.0. The quantitative estimate of drug-likeness (QED) is 0.677. The average Bonchev–Trinajstić information content (AvgIpc) is 2.70. The number of nitrogens with zero attached hydrogens (tertiary/aromatic N) is 2. The van der Waals surface area contributed by atoms with E-state index in [2.05, 4.69) is 76.5 Å². The van der Waals surface area contributed by atoms with Gasteiger partial charge in [0.05, 0.1) is 0 Å². The van der Waals surface area contributed by atoms with E-state index in [1.54, 1.807) is 0 Å². The summed E-state index contributed by atoms with van der Waals surface area (Å²) in [6.07, 6.45) is 0. The molecule has 1 fully saturated rings. The van der Waals surface area contributed by atoms with Crippen molar-refractivity contribution in [3.8, 4) is 11.1 Å². The zero-order chi connectivity index (χ0) is 17.8. The van der Waals surface area contributed by atoms with E-state index in [1.165, 1.54) is 22.4 Å². The Bertz CT molecular complexity index is 832. The van der Waals surface area contributed by atoms with E-state index in [9.17, 15) is 0 Å². The first-order valence-electron chi connectivity index (χ1n) is 9.26. The first kappa shape index (κ1) is 16.9. The molecule has 0 bridgehead atoms. The summed E-state index contributed by atoms with van der Waals surface area (Å²) < 4.78 is 0. The number of anilines is 1. The summed E-state index contributed by atoms with van der Waals surface area (Å²) in [6, 6.07) is 27.6. The van der Waals surface area contributed by atoms with Gasteiger partial charge in [0, 0.05) is 38.4 Å². The van der Waals surface area contributed by atoms with Crippen LogP contribution in [0.25, 0.3) is 11.1 Å². The molecule has 2 nitrogen and oxygen atoms in total. The Labute approximate surface area is 156 Å². The van der Waals surface area contributed by atoms with E-state index in [1.807, 2.05) is 12.1 Å². The van der Waals surface area contributed by atoms with Crippen LogP contribution in [0.15, 0.2) is 78.9 Å². The second-order valence-electron chi connectivity index (χ2n) is 6.88. The maximum atomic E-state index is 5.84. The molecule has 0 atom stereocenters. The van der Waals surface area contributed by atoms with Crippen molar-refractivity contribution in [3.63, 3.8) is 0 Å². The maximum absolute atomic E-state index is 5.84. The summed E-state index contributed by atoms with van der Waals surface area (Å²) in [5.74, 6) is 0. The van der Waals surface area contributed by atoms with E-state index in [4.69, 9.17) is 6.92 Å². The topological polar surface area (TPSA) is 6.48 Å². The van der Waals surface area contributed by atoms with Crippen molar-refractivity contribution in [2.45, 2.75) is 6.54 Å². The Morgan fingerprint density at radius 2 is 1.35 bits per heavy atom. The molecule has 0 aliphatic carbocycles. The van der Waals surface area contributed by atoms with Gasteiger partial charge in [-0.25, -0.2) is 0 Å². The van der Waals surface area contributed by atoms with Crippen LogP contribution < -0.4 is 4.90 Å². The highest BCUT2D eigenvalue weighted by Gasteiger charge is 2.18. The van der Waals surface area contributed by atoms with Crippen LogP contribution in [-0.2, 0) is 6.54 Å². The molecule has 1 aliphatic heterocycles. The average molecular weight is 340 g/mol. The summed E-state index contributed by atoms with van der Waals surface area (Å²) in [6.45, 7) is 11.2. The molecule has 2 heteroatoms. The first-order valence-corrected chi connectivity index (χ1v) is 9.26. The Hall–Kier alpha value is -2.58. The van der Waals surface area contributed by atoms with E-state index < -0.39 is 0 Å². The number of para-hydroxylation sites is 1. The summed E-state index contributed by atoms with van der Waals surface area (Å²) >= 11 is 0. The van der Waals surface area contributed by atoms with Crippen LogP contribution in [0.3, 0.4) is 0 Å². The number of piperazine rings is 1. The fraction of sp³-hybridized carbons (Fsp3) is 0.208. The van der Waals surface area contributed by atoms with E-state index in [0.29, 0.717) is 0 Å². The van der Waals surface area contributed by atoms with Gasteiger partial charge in [0.15, 0.2) is 0 Å². The van der Waals surface area contributed by atoms with Gasteiger partial charge in [0.2, 0.25) is 0 Å². The van der Waals surface area contributed by atoms with Gasteiger partial charge < -0.3 is 4.90 Å². The molecule has 0 N–H and O–H groups in total. The van der Waals surface area contributed by atoms with Crippen molar-refractivity contribution in [2.75, 3.05) is 31.1 Å². The molecule has 130 valence electrons. The molecule has 0 unspecified atom stereocenters. The lowest BCUT2D eigenvalue weighted by molar-refractivity contribution is 0.250. The Morgan fingerprint density at radius 1 is 0.692 bits per heavy atom. The van der Waals surface area contributed by atoms with Gasteiger partial charge >= 0.3 is 0 Å². The second-order valence-corrected chi connectivity index (χ2v) is 6.88. The lowest BCUT2D eigenvalue weighted by Gasteiger charge is -2.36. The van der Waals surface area contributed by atoms with Crippen LogP contribution in [0.4, 0.5) is 5.69 Å². The molecular weight excluding hydrogens is 316 g/mol. The second kappa shape index (κ2) is 7.76. The largest absolute Gasteiger partial charge is 0.369 e. The highest BCUT2D eigenvalue weighted by Crippen LogP contribution is 2.26. The molecule has 3 aromatic rings. The normalized spacial score (nSPS) is 15.2. The Kier molecular flexibility index (Phi) is 5.03. The minimum absolute atomic E-state index is 0.809. The molecule has 0 saturated carbocycles. The summed E-state index contributed by atoms with van der Waals surface area (Å²) in [4.78, 5) is 5.03. The first-order chi connectivity index (χ1) is 12.8. The smallest absolute Gasteiger partial charge is 0.0367 e. The van der Waals surface area contributed by atoms with Crippen molar-refractivity contribution in [1.82, 2.24) is 4.90 Å². The highest BCUT2D eigenvalue weighted by atomic mass is 15.3. The van der Waals surface area contributed by atoms with Gasteiger partial charge in [-0.2, -0.15) is 0 Å². The van der Waals surface area contributed by atoms with Crippen LogP contribution >= 0.6 is 0 Å². The maximum Gasteiger partial charge on any atom is 0.0367 e. The lowest BCUT2D eigenvalue weighted by atomic mass is 9.98. The summed E-state index contributed by atoms with van der Waals surface area (Å²) in [5, 5.41) is 0. The number of hydrogen-bond acceptors (Lipinski definition) is 2. The molecule has 2 radical (unpaired) electrons. The van der Waals surface area contributed by atoms with Gasteiger partial charge in [0.1, 0.15) is 0 Å². The van der Waals surface area contributed by atoms with Crippen molar-refractivity contribution >= 4 is 5.69 Å². The van der Waals surface area contributed by atoms with Crippen molar-refractivity contribution in [1.29, 1.82) is 0 Å². The molecule has 1 aliphatic rings. The molecule has 26 heavy (non-hydrogen) atoms. The van der Waals surface area contributed by atoms with Crippen LogP contribution in [0.1, 0.15) is 11.1 Å². The molecule has 4 rings (SSSR count). The molecule has 1 saturated heterocycles. The van der Waals surface area contributed by atoms with Crippen LogP contribution in [-0.4, -0.2) is 31.1 Å². The minimum Gasteiger partial charge on any atom is -0.369 e. The van der Waals surface area contributed by atoms with E-state index >= 15 is 0 Å². The monoisotopic (exact) mass is 340 g/mol. The summed E-state index contributed by atoms with van der Waals surface area (Å²) in [7, 11) is 0. The van der Waals surface area contributed by atoms with Crippen LogP contribution in [0, 0.1) is 6.92 Å². The molecule has 0 amide bonds. The minimum atomic E-state index is 0.809. The fourth-order valence-corrected chi connectivity index (χ4v) is 3.65. The lowest BCUT2D eigenvalue weighted by Crippen LogP contribution is -2.46. The highest BCUT2D eigenvalue weighted by molar-refractivity contribution is 5.67. The zero-order valence-corrected chi connectivity index (χ0v) is 15.0. The third-order valence-corrected chi connectivity index (χ3v) is 5.13. The van der Waals surface area contributed by atoms with E-state index in [0.717, 1.165) is 38.3 Å². The Morgan fingerprint density at radius 3 is 2.08 bits per heavy atom. The van der Waals surface area contributed by atoms with Crippen LogP contribution in [0.2, 0.25) is 0 Å². The third kappa shape index (κ3) is 3.81. The molecule has 0 aromatic heterocycles. The van der Waals surface area contributed by atoms with E-state index in [-0.39, 0.29) is 0 Å². The predicted octanol–water partition coefficient (Wildman–Crippen LogP) is 4.73.